The first kappa shape index (κ1) is 14.8. The van der Waals surface area contributed by atoms with Gasteiger partial charge in [0.05, 0.1) is 5.39 Å². The average Bonchev–Trinajstić information content (AvgIpc) is 2.90. The number of aromatic nitrogens is 3. The standard InChI is InChI=1S/C15H22N6O/c1-19(2)7-8-20-9-10-21(6-4-13(20)22)15-12-3-5-16-14(12)17-11-18-15/h3,5,11H,4,6-10H2,1-2H3,(H,16,17,18). The SMILES string of the molecule is CN(C)CCN1CCN(c2ncnc3[nH]ccc23)CCC1=O. The van der Waals surface area contributed by atoms with Gasteiger partial charge in [0.1, 0.15) is 17.8 Å². The van der Waals surface area contributed by atoms with Crippen molar-refractivity contribution in [1.82, 2.24) is 24.8 Å². The van der Waals surface area contributed by atoms with E-state index in [9.17, 15) is 4.79 Å². The summed E-state index contributed by atoms with van der Waals surface area (Å²) in [7, 11) is 4.05. The molecular weight excluding hydrogens is 280 g/mol. The molecule has 0 atom stereocenters. The Labute approximate surface area is 129 Å². The molecule has 3 heterocycles. The Kier molecular flexibility index (Phi) is 4.24. The molecule has 1 fully saturated rings. The number of nitrogens with zero attached hydrogens (tertiary/aromatic N) is 5. The summed E-state index contributed by atoms with van der Waals surface area (Å²) >= 11 is 0. The van der Waals surface area contributed by atoms with E-state index in [1.54, 1.807) is 6.33 Å². The number of hydrogen-bond donors (Lipinski definition) is 1. The van der Waals surface area contributed by atoms with Gasteiger partial charge in [0.25, 0.3) is 0 Å². The van der Waals surface area contributed by atoms with Crippen LogP contribution in [0.25, 0.3) is 11.0 Å². The Balaban J connectivity index is 1.74. The predicted molar refractivity (Wildman–Crippen MR) is 85.9 cm³/mol. The van der Waals surface area contributed by atoms with Gasteiger partial charge in [-0.2, -0.15) is 0 Å². The molecule has 22 heavy (non-hydrogen) atoms. The maximum atomic E-state index is 12.3. The first-order valence-electron chi connectivity index (χ1n) is 7.60. The van der Waals surface area contributed by atoms with Crippen LogP contribution in [-0.2, 0) is 4.79 Å². The van der Waals surface area contributed by atoms with Crippen LogP contribution in [0.2, 0.25) is 0 Å². The van der Waals surface area contributed by atoms with Gasteiger partial charge in [-0.3, -0.25) is 4.79 Å². The van der Waals surface area contributed by atoms with Crippen LogP contribution < -0.4 is 4.90 Å². The second-order valence-corrected chi connectivity index (χ2v) is 5.86. The highest BCUT2D eigenvalue weighted by atomic mass is 16.2. The first-order valence-corrected chi connectivity index (χ1v) is 7.60. The summed E-state index contributed by atoms with van der Waals surface area (Å²) in [5, 5.41) is 1.01. The highest BCUT2D eigenvalue weighted by Gasteiger charge is 2.22. The molecule has 0 spiro atoms. The number of H-pyrrole nitrogens is 1. The minimum atomic E-state index is 0.226. The van der Waals surface area contributed by atoms with Gasteiger partial charge in [-0.25, -0.2) is 9.97 Å². The largest absolute Gasteiger partial charge is 0.354 e. The highest BCUT2D eigenvalue weighted by molar-refractivity contribution is 5.87. The number of carbonyl (C=O) groups is 1. The molecule has 1 aliphatic rings. The van der Waals surface area contributed by atoms with Crippen LogP contribution in [-0.4, -0.2) is 77.5 Å². The fourth-order valence-electron chi connectivity index (χ4n) is 2.75. The molecule has 118 valence electrons. The number of hydrogen-bond acceptors (Lipinski definition) is 5. The summed E-state index contributed by atoms with van der Waals surface area (Å²) in [4.78, 5) is 30.3. The molecule has 2 aromatic rings. The third-order valence-electron chi connectivity index (χ3n) is 4.04. The van der Waals surface area contributed by atoms with Gasteiger partial charge < -0.3 is 19.7 Å². The molecule has 2 aromatic heterocycles. The molecule has 7 nitrogen and oxygen atoms in total. The van der Waals surface area contributed by atoms with E-state index in [1.165, 1.54) is 0 Å². The van der Waals surface area contributed by atoms with E-state index < -0.39 is 0 Å². The molecule has 0 aromatic carbocycles. The van der Waals surface area contributed by atoms with Gasteiger partial charge in [0.15, 0.2) is 0 Å². The minimum absolute atomic E-state index is 0.226. The molecule has 1 N–H and O–H groups in total. The van der Waals surface area contributed by atoms with Gasteiger partial charge in [0, 0.05) is 45.3 Å². The van der Waals surface area contributed by atoms with Crippen molar-refractivity contribution < 1.29 is 4.79 Å². The lowest BCUT2D eigenvalue weighted by molar-refractivity contribution is -0.130. The Hall–Kier alpha value is -2.15. The summed E-state index contributed by atoms with van der Waals surface area (Å²) in [5.41, 5.74) is 0.838. The lowest BCUT2D eigenvalue weighted by Gasteiger charge is -2.24. The monoisotopic (exact) mass is 302 g/mol. The first-order chi connectivity index (χ1) is 10.6. The number of aromatic amines is 1. The number of fused-ring (bicyclic) bond motifs is 1. The third kappa shape index (κ3) is 3.04. The summed E-state index contributed by atoms with van der Waals surface area (Å²) in [5.74, 6) is 1.14. The van der Waals surface area contributed by atoms with E-state index in [2.05, 4.69) is 24.8 Å². The Morgan fingerprint density at radius 3 is 2.95 bits per heavy atom. The van der Waals surface area contributed by atoms with Crippen molar-refractivity contribution in [2.24, 2.45) is 0 Å². The van der Waals surface area contributed by atoms with Crippen molar-refractivity contribution in [3.8, 4) is 0 Å². The maximum Gasteiger partial charge on any atom is 0.224 e. The topological polar surface area (TPSA) is 68.4 Å². The summed E-state index contributed by atoms with van der Waals surface area (Å²) in [6.45, 7) is 3.91. The van der Waals surface area contributed by atoms with Crippen molar-refractivity contribution in [1.29, 1.82) is 0 Å². The van der Waals surface area contributed by atoms with E-state index in [-0.39, 0.29) is 5.91 Å². The van der Waals surface area contributed by atoms with E-state index in [0.717, 1.165) is 43.0 Å². The molecule has 1 saturated heterocycles. The molecule has 0 aliphatic carbocycles. The fraction of sp³-hybridized carbons (Fsp3) is 0.533. The molecule has 0 bridgehead atoms. The lowest BCUT2D eigenvalue weighted by Crippen LogP contribution is -2.38. The average molecular weight is 302 g/mol. The molecule has 0 radical (unpaired) electrons. The Morgan fingerprint density at radius 1 is 1.27 bits per heavy atom. The zero-order valence-electron chi connectivity index (χ0n) is 13.1. The summed E-state index contributed by atoms with van der Waals surface area (Å²) in [6.07, 6.45) is 3.98. The molecule has 0 saturated carbocycles. The van der Waals surface area contributed by atoms with E-state index in [0.29, 0.717) is 13.0 Å². The van der Waals surface area contributed by atoms with Crippen LogP contribution in [0.1, 0.15) is 6.42 Å². The molecular formula is C15H22N6O. The fourth-order valence-corrected chi connectivity index (χ4v) is 2.75. The van der Waals surface area contributed by atoms with Crippen LogP contribution in [0.15, 0.2) is 18.6 Å². The molecule has 1 amide bonds. The number of likely N-dealkylation sites (N-methyl/N-ethyl adjacent to an activating group) is 1. The van der Waals surface area contributed by atoms with Crippen LogP contribution in [0.3, 0.4) is 0 Å². The number of carbonyl (C=O) groups excluding carboxylic acids is 1. The summed E-state index contributed by atoms with van der Waals surface area (Å²) in [6, 6.07) is 1.99. The van der Waals surface area contributed by atoms with Gasteiger partial charge in [0.2, 0.25) is 5.91 Å². The number of amides is 1. The minimum Gasteiger partial charge on any atom is -0.354 e. The zero-order valence-corrected chi connectivity index (χ0v) is 13.1. The smallest absolute Gasteiger partial charge is 0.224 e. The number of anilines is 1. The normalized spacial score (nSPS) is 16.6. The van der Waals surface area contributed by atoms with Crippen molar-refractivity contribution in [2.45, 2.75) is 6.42 Å². The second kappa shape index (κ2) is 6.31. The van der Waals surface area contributed by atoms with Crippen LogP contribution >= 0.6 is 0 Å². The van der Waals surface area contributed by atoms with Crippen LogP contribution in [0.5, 0.6) is 0 Å². The van der Waals surface area contributed by atoms with Gasteiger partial charge >= 0.3 is 0 Å². The number of nitrogens with one attached hydrogen (secondary N) is 1. The second-order valence-electron chi connectivity index (χ2n) is 5.86. The van der Waals surface area contributed by atoms with E-state index in [1.807, 2.05) is 31.3 Å². The van der Waals surface area contributed by atoms with Crippen molar-refractivity contribution in [3.05, 3.63) is 18.6 Å². The van der Waals surface area contributed by atoms with E-state index in [4.69, 9.17) is 0 Å². The Bertz CT molecular complexity index is 652. The quantitative estimate of drug-likeness (QED) is 0.894. The predicted octanol–water partition coefficient (Wildman–Crippen LogP) is 0.558. The number of rotatable bonds is 4. The zero-order chi connectivity index (χ0) is 15.5. The third-order valence-corrected chi connectivity index (χ3v) is 4.04. The van der Waals surface area contributed by atoms with Crippen LogP contribution in [0.4, 0.5) is 5.82 Å². The summed E-state index contributed by atoms with van der Waals surface area (Å²) < 4.78 is 0. The maximum absolute atomic E-state index is 12.3. The van der Waals surface area contributed by atoms with Gasteiger partial charge in [-0.15, -0.1) is 0 Å². The molecule has 1 aliphatic heterocycles. The van der Waals surface area contributed by atoms with E-state index >= 15 is 0 Å². The molecule has 7 heteroatoms. The van der Waals surface area contributed by atoms with Crippen LogP contribution in [0, 0.1) is 0 Å². The molecule has 3 rings (SSSR count). The van der Waals surface area contributed by atoms with Gasteiger partial charge in [-0.05, 0) is 20.2 Å². The highest BCUT2D eigenvalue weighted by Crippen LogP contribution is 2.23. The van der Waals surface area contributed by atoms with Crippen molar-refractivity contribution >= 4 is 22.8 Å². The van der Waals surface area contributed by atoms with Crippen molar-refractivity contribution in [3.63, 3.8) is 0 Å². The lowest BCUT2D eigenvalue weighted by atomic mass is 10.3. The molecule has 0 unspecified atom stereocenters. The Morgan fingerprint density at radius 2 is 2.14 bits per heavy atom. The van der Waals surface area contributed by atoms with Crippen molar-refractivity contribution in [2.75, 3.05) is 51.7 Å². The van der Waals surface area contributed by atoms with Gasteiger partial charge in [-0.1, -0.05) is 0 Å².